The molecule has 2 rings (SSSR count). The number of hydrogen-bond acceptors (Lipinski definition) is 6. The van der Waals surface area contributed by atoms with Crippen molar-refractivity contribution < 1.29 is 27.2 Å². The van der Waals surface area contributed by atoms with Gasteiger partial charge >= 0.3 is 6.18 Å². The van der Waals surface area contributed by atoms with Gasteiger partial charge in [-0.15, -0.1) is 10.2 Å². The van der Waals surface area contributed by atoms with Gasteiger partial charge in [0.1, 0.15) is 6.17 Å². The van der Waals surface area contributed by atoms with Gasteiger partial charge in [0.25, 0.3) is 0 Å². The summed E-state index contributed by atoms with van der Waals surface area (Å²) in [4.78, 5) is 23.8. The van der Waals surface area contributed by atoms with Gasteiger partial charge in [-0.05, 0) is 6.42 Å². The van der Waals surface area contributed by atoms with Crippen molar-refractivity contribution >= 4 is 28.3 Å². The van der Waals surface area contributed by atoms with E-state index in [1.807, 2.05) is 0 Å². The van der Waals surface area contributed by atoms with Crippen LogP contribution in [0.5, 0.6) is 0 Å². The zero-order valence-corrected chi connectivity index (χ0v) is 14.5. The van der Waals surface area contributed by atoms with Crippen molar-refractivity contribution in [3.05, 3.63) is 17.2 Å². The molecule has 3 atom stereocenters. The molecule has 0 spiro atoms. The highest BCUT2D eigenvalue weighted by atomic mass is 32.1. The van der Waals surface area contributed by atoms with E-state index in [2.05, 4.69) is 26.1 Å². The number of carbonyl (C=O) groups is 2. The summed E-state index contributed by atoms with van der Waals surface area (Å²) in [5, 5.41) is 12.3. The van der Waals surface area contributed by atoms with Crippen LogP contribution in [-0.2, 0) is 15.8 Å². The minimum Gasteiger partial charge on any atom is -0.349 e. The molecule has 1 aromatic rings. The van der Waals surface area contributed by atoms with Crippen LogP contribution in [0.1, 0.15) is 24.8 Å². The average molecular weight is 395 g/mol. The van der Waals surface area contributed by atoms with Crippen LogP contribution in [0.2, 0.25) is 0 Å². The first-order valence-corrected chi connectivity index (χ1v) is 8.58. The predicted molar refractivity (Wildman–Crippen MR) is 86.2 cm³/mol. The van der Waals surface area contributed by atoms with Crippen LogP contribution < -0.4 is 16.0 Å². The van der Waals surface area contributed by atoms with Gasteiger partial charge in [0.05, 0.1) is 6.04 Å². The smallest absolute Gasteiger partial charge is 0.349 e. The summed E-state index contributed by atoms with van der Waals surface area (Å²) in [6, 6.07) is -1.10. The lowest BCUT2D eigenvalue weighted by Gasteiger charge is -2.16. The molecule has 1 unspecified atom stereocenters. The first kappa shape index (κ1) is 20.2. The van der Waals surface area contributed by atoms with E-state index in [0.717, 1.165) is 6.08 Å². The minimum atomic E-state index is -4.62. The third kappa shape index (κ3) is 5.73. The highest BCUT2D eigenvalue weighted by Crippen LogP contribution is 2.32. The number of nitrogens with zero attached hydrogens (tertiary/aromatic N) is 2. The van der Waals surface area contributed by atoms with Gasteiger partial charge in [-0.25, -0.2) is 4.39 Å². The third-order valence-electron chi connectivity index (χ3n) is 3.54. The number of anilines is 1. The van der Waals surface area contributed by atoms with Gasteiger partial charge in [0.15, 0.2) is 0 Å². The topological polar surface area (TPSA) is 96.0 Å². The molecular weight excluding hydrogens is 378 g/mol. The Bertz CT molecular complexity index is 679. The first-order chi connectivity index (χ1) is 12.2. The van der Waals surface area contributed by atoms with Gasteiger partial charge in [-0.3, -0.25) is 14.9 Å². The Kier molecular flexibility index (Phi) is 6.64. The van der Waals surface area contributed by atoms with Crippen LogP contribution in [0.4, 0.5) is 22.7 Å². The summed E-state index contributed by atoms with van der Waals surface area (Å²) >= 11 is 0.209. The molecule has 0 aliphatic carbocycles. The molecule has 0 bridgehead atoms. The second-order valence-electron chi connectivity index (χ2n) is 5.58. The summed E-state index contributed by atoms with van der Waals surface area (Å²) in [6.45, 7) is 1.89. The largest absolute Gasteiger partial charge is 0.445 e. The van der Waals surface area contributed by atoms with Crippen molar-refractivity contribution in [3.63, 3.8) is 0 Å². The van der Waals surface area contributed by atoms with E-state index in [4.69, 9.17) is 0 Å². The fourth-order valence-electron chi connectivity index (χ4n) is 2.20. The SMILES string of the molecule is CC[C@@H](/C=C/C(=O)Nc1nnc(C(F)(F)F)s1)NC(=O)[C@@H]1CC(F)CN1. The van der Waals surface area contributed by atoms with Crippen LogP contribution in [-0.4, -0.2) is 46.8 Å². The lowest BCUT2D eigenvalue weighted by Crippen LogP contribution is -2.44. The molecule has 0 radical (unpaired) electrons. The van der Waals surface area contributed by atoms with Crippen molar-refractivity contribution in [1.29, 1.82) is 0 Å². The number of carbonyl (C=O) groups excluding carboxylic acids is 2. The Hall–Kier alpha value is -2.08. The lowest BCUT2D eigenvalue weighted by molar-refractivity contribution is -0.138. The van der Waals surface area contributed by atoms with Gasteiger partial charge in [0.2, 0.25) is 22.0 Å². The van der Waals surface area contributed by atoms with E-state index in [9.17, 15) is 27.2 Å². The van der Waals surface area contributed by atoms with Crippen molar-refractivity contribution in [3.8, 4) is 0 Å². The Morgan fingerprint density at radius 1 is 1.42 bits per heavy atom. The molecule has 7 nitrogen and oxygen atoms in total. The van der Waals surface area contributed by atoms with E-state index in [1.54, 1.807) is 6.92 Å². The van der Waals surface area contributed by atoms with Crippen LogP contribution in [0, 0.1) is 0 Å². The fraction of sp³-hybridized carbons (Fsp3) is 0.571. The van der Waals surface area contributed by atoms with Crippen LogP contribution in [0.3, 0.4) is 0 Å². The molecule has 1 aromatic heterocycles. The molecule has 0 aromatic carbocycles. The Morgan fingerprint density at radius 3 is 2.69 bits per heavy atom. The monoisotopic (exact) mass is 395 g/mol. The van der Waals surface area contributed by atoms with E-state index < -0.39 is 35.3 Å². The van der Waals surface area contributed by atoms with Crippen molar-refractivity contribution in [1.82, 2.24) is 20.8 Å². The number of halogens is 4. The van der Waals surface area contributed by atoms with E-state index in [0.29, 0.717) is 6.42 Å². The molecule has 1 aliphatic rings. The van der Waals surface area contributed by atoms with Gasteiger partial charge < -0.3 is 10.6 Å². The predicted octanol–water partition coefficient (Wildman–Crippen LogP) is 1.65. The van der Waals surface area contributed by atoms with E-state index in [1.165, 1.54) is 6.08 Å². The molecule has 1 fully saturated rings. The summed E-state index contributed by atoms with van der Waals surface area (Å²) < 4.78 is 50.4. The Balaban J connectivity index is 1.86. The average Bonchev–Trinajstić information content (AvgIpc) is 3.20. The van der Waals surface area contributed by atoms with E-state index in [-0.39, 0.29) is 35.3 Å². The number of nitrogens with one attached hydrogen (secondary N) is 3. The quantitative estimate of drug-likeness (QED) is 0.503. The number of aromatic nitrogens is 2. The molecule has 26 heavy (non-hydrogen) atoms. The minimum absolute atomic E-state index is 0.0883. The van der Waals surface area contributed by atoms with Crippen LogP contribution in [0.15, 0.2) is 12.2 Å². The van der Waals surface area contributed by atoms with Gasteiger partial charge in [0, 0.05) is 25.1 Å². The zero-order valence-electron chi connectivity index (χ0n) is 13.6. The zero-order chi connectivity index (χ0) is 19.3. The lowest BCUT2D eigenvalue weighted by atomic mass is 10.1. The molecule has 3 N–H and O–H groups in total. The molecule has 2 amide bonds. The van der Waals surface area contributed by atoms with Crippen molar-refractivity contribution in [2.75, 3.05) is 11.9 Å². The van der Waals surface area contributed by atoms with Gasteiger partial charge in [-0.1, -0.05) is 24.3 Å². The number of rotatable bonds is 6. The molecular formula is C14H17F4N5O2S. The molecule has 1 aliphatic heterocycles. The molecule has 1 saturated heterocycles. The second kappa shape index (κ2) is 8.54. The van der Waals surface area contributed by atoms with Gasteiger partial charge in [-0.2, -0.15) is 13.2 Å². The summed E-state index contributed by atoms with van der Waals surface area (Å²) in [5.74, 6) is -1.08. The Labute approximate surface area is 150 Å². The fourth-order valence-corrected chi connectivity index (χ4v) is 2.81. The standard InChI is InChI=1S/C14H17F4N5O2S/c1-2-8(20-11(25)9-5-7(15)6-19-9)3-4-10(24)21-13-23-22-12(26-13)14(16,17)18/h3-4,7-9,19H,2,5-6H2,1H3,(H,20,25)(H,21,23,24)/b4-3+/t7?,8-,9-/m0/s1. The summed E-state index contributed by atoms with van der Waals surface area (Å²) in [6.07, 6.45) is -2.64. The highest BCUT2D eigenvalue weighted by molar-refractivity contribution is 7.15. The maximum Gasteiger partial charge on any atom is 0.445 e. The molecule has 144 valence electrons. The maximum atomic E-state index is 13.1. The van der Waals surface area contributed by atoms with E-state index >= 15 is 0 Å². The number of alkyl halides is 4. The highest BCUT2D eigenvalue weighted by Gasteiger charge is 2.35. The summed E-state index contributed by atoms with van der Waals surface area (Å²) in [5.41, 5.74) is 0. The third-order valence-corrected chi connectivity index (χ3v) is 4.42. The first-order valence-electron chi connectivity index (χ1n) is 7.76. The van der Waals surface area contributed by atoms with Crippen molar-refractivity contribution in [2.24, 2.45) is 0 Å². The van der Waals surface area contributed by atoms with Crippen molar-refractivity contribution in [2.45, 2.75) is 44.2 Å². The molecule has 0 saturated carbocycles. The number of amides is 2. The number of hydrogen-bond donors (Lipinski definition) is 3. The molecule has 2 heterocycles. The maximum absolute atomic E-state index is 13.1. The van der Waals surface area contributed by atoms with Crippen LogP contribution in [0.25, 0.3) is 0 Å². The van der Waals surface area contributed by atoms with Crippen LogP contribution >= 0.6 is 11.3 Å². The Morgan fingerprint density at radius 2 is 2.15 bits per heavy atom. The second-order valence-corrected chi connectivity index (χ2v) is 6.55. The summed E-state index contributed by atoms with van der Waals surface area (Å²) in [7, 11) is 0. The normalized spacial score (nSPS) is 21.7. The molecule has 12 heteroatoms.